The van der Waals surface area contributed by atoms with E-state index in [0.29, 0.717) is 27.5 Å². The van der Waals surface area contributed by atoms with Crippen molar-refractivity contribution in [3.63, 3.8) is 0 Å². The molecule has 0 aliphatic carbocycles. The highest BCUT2D eigenvalue weighted by atomic mass is 32.1. The predicted octanol–water partition coefficient (Wildman–Crippen LogP) is 3.06. The molecule has 0 spiro atoms. The normalized spacial score (nSPS) is 11.8. The standard InChI is InChI=1S/C20H16N4O4S/c1-2-11-28-15-9-7-13(8-10-15)18-21-20-23(22-18)19(25)17(29-20)12-14-5-3-4-6-16(14)24(26)27/h3-10,12H,2,11H2,1H3/b17-12-. The van der Waals surface area contributed by atoms with Crippen LogP contribution in [0.1, 0.15) is 18.9 Å². The summed E-state index contributed by atoms with van der Waals surface area (Å²) >= 11 is 1.14. The second-order valence-electron chi connectivity index (χ2n) is 6.23. The molecule has 0 radical (unpaired) electrons. The maximum Gasteiger partial charge on any atom is 0.291 e. The smallest absolute Gasteiger partial charge is 0.291 e. The van der Waals surface area contributed by atoms with Gasteiger partial charge in [-0.25, -0.2) is 0 Å². The molecule has 0 atom stereocenters. The van der Waals surface area contributed by atoms with Gasteiger partial charge in [0.1, 0.15) is 5.75 Å². The Morgan fingerprint density at radius 2 is 1.97 bits per heavy atom. The minimum absolute atomic E-state index is 0.0584. The van der Waals surface area contributed by atoms with Gasteiger partial charge >= 0.3 is 0 Å². The Morgan fingerprint density at radius 3 is 2.66 bits per heavy atom. The van der Waals surface area contributed by atoms with Crippen molar-refractivity contribution in [1.29, 1.82) is 0 Å². The van der Waals surface area contributed by atoms with E-state index in [9.17, 15) is 14.9 Å². The number of benzene rings is 2. The quantitative estimate of drug-likeness (QED) is 0.359. The molecule has 0 bridgehead atoms. The summed E-state index contributed by atoms with van der Waals surface area (Å²) in [7, 11) is 0. The van der Waals surface area contributed by atoms with E-state index >= 15 is 0 Å². The van der Waals surface area contributed by atoms with Crippen LogP contribution in [0.5, 0.6) is 5.75 Å². The van der Waals surface area contributed by atoms with Crippen LogP contribution in [0.4, 0.5) is 5.69 Å². The Labute approximate surface area is 168 Å². The summed E-state index contributed by atoms with van der Waals surface area (Å²) < 4.78 is 7.12. The molecule has 2 aromatic carbocycles. The molecule has 0 N–H and O–H groups in total. The first kappa shape index (κ1) is 18.8. The molecule has 146 valence electrons. The van der Waals surface area contributed by atoms with Crippen LogP contribution in [0.2, 0.25) is 0 Å². The Balaban J connectivity index is 1.70. The summed E-state index contributed by atoms with van der Waals surface area (Å²) in [6, 6.07) is 13.6. The molecule has 0 saturated carbocycles. The monoisotopic (exact) mass is 408 g/mol. The highest BCUT2D eigenvalue weighted by molar-refractivity contribution is 7.15. The van der Waals surface area contributed by atoms with Crippen LogP contribution in [0.25, 0.3) is 22.4 Å². The van der Waals surface area contributed by atoms with Crippen LogP contribution in [0, 0.1) is 10.1 Å². The van der Waals surface area contributed by atoms with Crippen molar-refractivity contribution in [2.24, 2.45) is 0 Å². The zero-order chi connectivity index (χ0) is 20.4. The van der Waals surface area contributed by atoms with Gasteiger partial charge in [-0.1, -0.05) is 30.4 Å². The number of nitro groups is 1. The van der Waals surface area contributed by atoms with E-state index in [1.807, 2.05) is 31.2 Å². The molecule has 4 aromatic rings. The molecule has 4 rings (SSSR count). The first-order valence-electron chi connectivity index (χ1n) is 8.95. The lowest BCUT2D eigenvalue weighted by Gasteiger charge is -2.04. The number of aromatic nitrogens is 3. The average Bonchev–Trinajstić information content (AvgIpc) is 3.27. The van der Waals surface area contributed by atoms with Crippen LogP contribution in [0.15, 0.2) is 53.3 Å². The van der Waals surface area contributed by atoms with E-state index in [1.165, 1.54) is 16.7 Å². The van der Waals surface area contributed by atoms with Gasteiger partial charge in [-0.05, 0) is 42.8 Å². The van der Waals surface area contributed by atoms with Gasteiger partial charge in [0, 0.05) is 11.6 Å². The van der Waals surface area contributed by atoms with Gasteiger partial charge < -0.3 is 4.74 Å². The number of nitrogens with zero attached hydrogens (tertiary/aromatic N) is 4. The molecule has 0 aliphatic rings. The maximum absolute atomic E-state index is 12.7. The van der Waals surface area contributed by atoms with E-state index in [-0.39, 0.29) is 11.2 Å². The highest BCUT2D eigenvalue weighted by Gasteiger charge is 2.14. The third-order valence-electron chi connectivity index (χ3n) is 4.19. The van der Waals surface area contributed by atoms with Gasteiger partial charge in [0.25, 0.3) is 11.2 Å². The largest absolute Gasteiger partial charge is 0.494 e. The van der Waals surface area contributed by atoms with E-state index in [4.69, 9.17) is 4.74 Å². The lowest BCUT2D eigenvalue weighted by molar-refractivity contribution is -0.385. The maximum atomic E-state index is 12.7. The van der Waals surface area contributed by atoms with Crippen LogP contribution in [-0.4, -0.2) is 26.1 Å². The third-order valence-corrected chi connectivity index (χ3v) is 5.15. The molecule has 0 amide bonds. The van der Waals surface area contributed by atoms with Gasteiger partial charge in [-0.15, -0.1) is 5.10 Å². The predicted molar refractivity (Wildman–Crippen MR) is 110 cm³/mol. The fourth-order valence-electron chi connectivity index (χ4n) is 2.79. The van der Waals surface area contributed by atoms with E-state index in [2.05, 4.69) is 10.1 Å². The topological polar surface area (TPSA) is 99.6 Å². The summed E-state index contributed by atoms with van der Waals surface area (Å²) in [5.41, 5.74) is 0.720. The minimum Gasteiger partial charge on any atom is -0.494 e. The number of nitro benzene ring substituents is 1. The van der Waals surface area contributed by atoms with Gasteiger partial charge in [0.15, 0.2) is 5.82 Å². The zero-order valence-electron chi connectivity index (χ0n) is 15.4. The van der Waals surface area contributed by atoms with Crippen molar-refractivity contribution in [2.45, 2.75) is 13.3 Å². The Hall–Kier alpha value is -3.59. The van der Waals surface area contributed by atoms with Crippen molar-refractivity contribution in [2.75, 3.05) is 6.61 Å². The van der Waals surface area contributed by atoms with E-state index in [0.717, 1.165) is 29.1 Å². The Kier molecular flexibility index (Phi) is 5.05. The minimum atomic E-state index is -0.473. The first-order valence-corrected chi connectivity index (χ1v) is 9.76. The number of thiazole rings is 1. The molecule has 9 heteroatoms. The molecular formula is C20H16N4O4S. The fraction of sp³-hybridized carbons (Fsp3) is 0.150. The highest BCUT2D eigenvalue weighted by Crippen LogP contribution is 2.21. The second-order valence-corrected chi connectivity index (χ2v) is 7.24. The number of fused-ring (bicyclic) bond motifs is 1. The summed E-state index contributed by atoms with van der Waals surface area (Å²) in [5.74, 6) is 1.20. The lowest BCUT2D eigenvalue weighted by Crippen LogP contribution is -2.23. The summed E-state index contributed by atoms with van der Waals surface area (Å²) in [4.78, 5) is 28.2. The van der Waals surface area contributed by atoms with Gasteiger partial charge in [0.05, 0.1) is 21.6 Å². The molecule has 0 saturated heterocycles. The number of hydrogen-bond donors (Lipinski definition) is 0. The van der Waals surface area contributed by atoms with Crippen molar-refractivity contribution < 1.29 is 9.66 Å². The van der Waals surface area contributed by atoms with Crippen molar-refractivity contribution in [1.82, 2.24) is 14.6 Å². The van der Waals surface area contributed by atoms with Gasteiger partial charge in [-0.3, -0.25) is 14.9 Å². The fourth-order valence-corrected chi connectivity index (χ4v) is 3.69. The van der Waals surface area contributed by atoms with E-state index < -0.39 is 4.92 Å². The molecule has 2 heterocycles. The van der Waals surface area contributed by atoms with Crippen molar-refractivity contribution in [3.8, 4) is 17.1 Å². The average molecular weight is 408 g/mol. The third kappa shape index (κ3) is 3.72. The molecule has 8 nitrogen and oxygen atoms in total. The Bertz CT molecular complexity index is 1290. The van der Waals surface area contributed by atoms with Crippen molar-refractivity contribution >= 4 is 28.1 Å². The molecule has 0 aliphatic heterocycles. The molecule has 2 aromatic heterocycles. The zero-order valence-corrected chi connectivity index (χ0v) is 16.3. The molecule has 29 heavy (non-hydrogen) atoms. The number of para-hydroxylation sites is 1. The summed E-state index contributed by atoms with van der Waals surface area (Å²) in [5, 5.41) is 15.5. The second kappa shape index (κ2) is 7.80. The van der Waals surface area contributed by atoms with E-state index in [1.54, 1.807) is 18.2 Å². The first-order chi connectivity index (χ1) is 14.1. The number of ether oxygens (including phenoxy) is 1. The SMILES string of the molecule is CCCOc1ccc(-c2nc3s/c(=C\c4ccccc4[N+](=O)[O-])c(=O)n3n2)cc1. The van der Waals surface area contributed by atoms with Crippen LogP contribution in [0.3, 0.4) is 0 Å². The van der Waals surface area contributed by atoms with Gasteiger partial charge in [-0.2, -0.15) is 9.50 Å². The molecule has 0 unspecified atom stereocenters. The van der Waals surface area contributed by atoms with Crippen LogP contribution < -0.4 is 14.8 Å². The summed E-state index contributed by atoms with van der Waals surface area (Å²) in [6.07, 6.45) is 2.43. The number of rotatable bonds is 6. The Morgan fingerprint density at radius 1 is 1.21 bits per heavy atom. The van der Waals surface area contributed by atoms with Gasteiger partial charge in [0.2, 0.25) is 4.96 Å². The van der Waals surface area contributed by atoms with Crippen molar-refractivity contribution in [3.05, 3.63) is 79.1 Å². The number of hydrogen-bond acceptors (Lipinski definition) is 7. The van der Waals surface area contributed by atoms with Crippen LogP contribution >= 0.6 is 11.3 Å². The lowest BCUT2D eigenvalue weighted by atomic mass is 10.2. The molecular weight excluding hydrogens is 392 g/mol. The molecule has 0 fully saturated rings. The van der Waals surface area contributed by atoms with Crippen LogP contribution in [-0.2, 0) is 0 Å². The summed E-state index contributed by atoms with van der Waals surface area (Å²) in [6.45, 7) is 2.69.